The van der Waals surface area contributed by atoms with E-state index in [0.29, 0.717) is 18.8 Å². The summed E-state index contributed by atoms with van der Waals surface area (Å²) in [7, 11) is 1.97. The zero-order valence-corrected chi connectivity index (χ0v) is 25.0. The number of aliphatic carboxylic acids is 1. The Balaban J connectivity index is 1.35. The summed E-state index contributed by atoms with van der Waals surface area (Å²) < 4.78 is 3.99. The Hall–Kier alpha value is -4.46. The van der Waals surface area contributed by atoms with Crippen molar-refractivity contribution in [2.24, 2.45) is 13.0 Å². The molecule has 8 heteroatoms. The first-order chi connectivity index (χ1) is 20.8. The number of amides is 1. The molecule has 10 bridgehead atoms. The van der Waals surface area contributed by atoms with Crippen LogP contribution in [0, 0.1) is 12.8 Å². The number of nitrogens with zero attached hydrogens (tertiary/aromatic N) is 5. The maximum atomic E-state index is 13.9. The molecule has 8 rings (SSSR count). The maximum absolute atomic E-state index is 13.9. The normalized spacial score (nSPS) is 18.2. The number of hydrogen-bond donors (Lipinski definition) is 1. The van der Waals surface area contributed by atoms with E-state index in [1.807, 2.05) is 40.3 Å². The van der Waals surface area contributed by atoms with E-state index >= 15 is 0 Å². The molecule has 0 fully saturated rings. The number of carboxylic acids is 1. The molecule has 1 amide bonds. The number of carboxylic acid groups (broad SMARTS) is 1. The standard InChI is InChI=1S/C35H37N5O3/c1-21-28-11-13-30-33(21)36-37-40(30)15-6-4-5-7-23-8-12-29-26(17-23)19-31(38(29)3)34(41)39-16-14-24-9-10-25(18-27(24)20-39)32(28)22(2)35(42)43/h8-13,17-19,22,32H,4-7,14-16,20H2,1-3H3,(H,42,43)/t22-,32+/m0/s1. The summed E-state index contributed by atoms with van der Waals surface area (Å²) in [4.78, 5) is 28.2. The van der Waals surface area contributed by atoms with Crippen LogP contribution in [-0.2, 0) is 37.8 Å². The number of hydrogen-bond acceptors (Lipinski definition) is 4. The van der Waals surface area contributed by atoms with E-state index in [2.05, 4.69) is 52.8 Å². The highest BCUT2D eigenvalue weighted by molar-refractivity contribution is 5.99. The van der Waals surface area contributed by atoms with Crippen molar-refractivity contribution in [3.63, 3.8) is 0 Å². The summed E-state index contributed by atoms with van der Waals surface area (Å²) in [5.74, 6) is -1.84. The lowest BCUT2D eigenvalue weighted by atomic mass is 9.78. The fourth-order valence-electron chi connectivity index (χ4n) is 7.20. The fraction of sp³-hybridized carbons (Fsp3) is 0.371. The van der Waals surface area contributed by atoms with Gasteiger partial charge in [-0.25, -0.2) is 4.68 Å². The van der Waals surface area contributed by atoms with Crippen molar-refractivity contribution in [1.29, 1.82) is 0 Å². The first-order valence-corrected chi connectivity index (χ1v) is 15.3. The average molecular weight is 576 g/mol. The highest BCUT2D eigenvalue weighted by Crippen LogP contribution is 2.38. The Morgan fingerprint density at radius 1 is 0.953 bits per heavy atom. The van der Waals surface area contributed by atoms with Gasteiger partial charge in [0.05, 0.1) is 11.4 Å². The maximum Gasteiger partial charge on any atom is 0.307 e. The van der Waals surface area contributed by atoms with Crippen LogP contribution in [0.4, 0.5) is 0 Å². The molecule has 3 aliphatic heterocycles. The van der Waals surface area contributed by atoms with Crippen molar-refractivity contribution in [3.05, 3.63) is 93.7 Å². The first-order valence-electron chi connectivity index (χ1n) is 15.3. The molecule has 0 spiro atoms. The SMILES string of the molecule is Cc1c2ccc3c1nnn3CCCCCc1ccc3c(c1)cc(n3C)C(=O)N1CCc3ccc(cc3C1)[C@H]2[C@H](C)C(=O)O. The van der Waals surface area contributed by atoms with E-state index in [-0.39, 0.29) is 11.8 Å². The Kier molecular flexibility index (Phi) is 6.79. The second-order valence-corrected chi connectivity index (χ2v) is 12.4. The smallest absolute Gasteiger partial charge is 0.307 e. The van der Waals surface area contributed by atoms with Crippen LogP contribution < -0.4 is 0 Å². The van der Waals surface area contributed by atoms with E-state index in [4.69, 9.17) is 0 Å². The number of carbonyl (C=O) groups excluding carboxylic acids is 1. The largest absolute Gasteiger partial charge is 0.481 e. The third-order valence-corrected chi connectivity index (χ3v) is 9.76. The van der Waals surface area contributed by atoms with Crippen LogP contribution in [0.2, 0.25) is 0 Å². The van der Waals surface area contributed by atoms with E-state index < -0.39 is 11.9 Å². The Bertz CT molecular complexity index is 1900. The Morgan fingerprint density at radius 3 is 2.63 bits per heavy atom. The molecule has 5 heterocycles. The minimum absolute atomic E-state index is 0.0262. The van der Waals surface area contributed by atoms with Gasteiger partial charge in [-0.1, -0.05) is 48.9 Å². The molecule has 2 aromatic heterocycles. The molecule has 0 saturated heterocycles. The molecule has 8 nitrogen and oxygen atoms in total. The van der Waals surface area contributed by atoms with Gasteiger partial charge in [-0.2, -0.15) is 0 Å². The molecule has 3 aromatic carbocycles. The Labute approximate surface area is 250 Å². The van der Waals surface area contributed by atoms with E-state index in [9.17, 15) is 14.7 Å². The van der Waals surface area contributed by atoms with Crippen molar-refractivity contribution in [2.75, 3.05) is 6.54 Å². The summed E-state index contributed by atoms with van der Waals surface area (Å²) in [6, 6.07) is 19.0. The number of aromatic nitrogens is 4. The topological polar surface area (TPSA) is 93.3 Å². The molecule has 0 radical (unpaired) electrons. The summed E-state index contributed by atoms with van der Waals surface area (Å²) >= 11 is 0. The summed E-state index contributed by atoms with van der Waals surface area (Å²) in [5, 5.41) is 20.3. The molecule has 3 aliphatic rings. The second kappa shape index (κ2) is 10.7. The molecule has 0 unspecified atom stereocenters. The molecular weight excluding hydrogens is 538 g/mol. The minimum Gasteiger partial charge on any atom is -0.481 e. The molecule has 220 valence electrons. The predicted octanol–water partition coefficient (Wildman–Crippen LogP) is 6.01. The van der Waals surface area contributed by atoms with Crippen LogP contribution in [-0.4, -0.2) is 48.0 Å². The number of carbonyl (C=O) groups is 2. The average Bonchev–Trinajstić information content (AvgIpc) is 3.57. The second-order valence-electron chi connectivity index (χ2n) is 12.4. The lowest BCUT2D eigenvalue weighted by Crippen LogP contribution is -2.37. The highest BCUT2D eigenvalue weighted by atomic mass is 16.4. The molecule has 0 aliphatic carbocycles. The first kappa shape index (κ1) is 27.4. The lowest BCUT2D eigenvalue weighted by molar-refractivity contribution is -0.141. The van der Waals surface area contributed by atoms with E-state index in [1.165, 1.54) is 11.1 Å². The van der Waals surface area contributed by atoms with Gasteiger partial charge in [-0.05, 0) is 90.3 Å². The zero-order chi connectivity index (χ0) is 29.8. The van der Waals surface area contributed by atoms with Gasteiger partial charge in [-0.3, -0.25) is 9.59 Å². The van der Waals surface area contributed by atoms with Crippen molar-refractivity contribution in [3.8, 4) is 0 Å². The number of rotatable bonds is 2. The quantitative estimate of drug-likeness (QED) is 0.278. The van der Waals surface area contributed by atoms with Gasteiger partial charge in [0.2, 0.25) is 0 Å². The molecule has 2 atom stereocenters. The number of fused-ring (bicyclic) bond motifs is 5. The van der Waals surface area contributed by atoms with Gasteiger partial charge in [0, 0.05) is 43.5 Å². The molecule has 5 aromatic rings. The highest BCUT2D eigenvalue weighted by Gasteiger charge is 2.31. The lowest BCUT2D eigenvalue weighted by Gasteiger charge is -2.31. The van der Waals surface area contributed by atoms with Crippen molar-refractivity contribution in [1.82, 2.24) is 24.5 Å². The van der Waals surface area contributed by atoms with Crippen LogP contribution in [0.3, 0.4) is 0 Å². The van der Waals surface area contributed by atoms with Crippen molar-refractivity contribution >= 4 is 33.8 Å². The van der Waals surface area contributed by atoms with Crippen LogP contribution >= 0.6 is 0 Å². The zero-order valence-electron chi connectivity index (χ0n) is 25.0. The van der Waals surface area contributed by atoms with Gasteiger partial charge in [-0.15, -0.1) is 5.10 Å². The van der Waals surface area contributed by atoms with E-state index in [0.717, 1.165) is 82.8 Å². The number of aryl methyl sites for hydroxylation is 4. The van der Waals surface area contributed by atoms with Crippen molar-refractivity contribution < 1.29 is 14.7 Å². The molecule has 0 saturated carbocycles. The van der Waals surface area contributed by atoms with E-state index in [1.54, 1.807) is 6.92 Å². The van der Waals surface area contributed by atoms with Crippen LogP contribution in [0.25, 0.3) is 21.9 Å². The van der Waals surface area contributed by atoms with Gasteiger partial charge < -0.3 is 14.6 Å². The van der Waals surface area contributed by atoms with Crippen LogP contribution in [0.15, 0.2) is 54.6 Å². The summed E-state index contributed by atoms with van der Waals surface area (Å²) in [5.41, 5.74) is 10.00. The van der Waals surface area contributed by atoms with Crippen molar-refractivity contribution in [2.45, 2.75) is 65.0 Å². The molecule has 1 N–H and O–H groups in total. The monoisotopic (exact) mass is 575 g/mol. The summed E-state index contributed by atoms with van der Waals surface area (Å²) in [6.45, 7) is 5.74. The fourth-order valence-corrected chi connectivity index (χ4v) is 7.20. The third-order valence-electron chi connectivity index (χ3n) is 9.76. The van der Waals surface area contributed by atoms with Gasteiger partial charge in [0.25, 0.3) is 5.91 Å². The number of benzene rings is 3. The van der Waals surface area contributed by atoms with Crippen LogP contribution in [0.5, 0.6) is 0 Å². The minimum atomic E-state index is -0.844. The van der Waals surface area contributed by atoms with Crippen LogP contribution in [0.1, 0.15) is 76.0 Å². The molecular formula is C35H37N5O3. The van der Waals surface area contributed by atoms with Gasteiger partial charge >= 0.3 is 5.97 Å². The third kappa shape index (κ3) is 4.69. The summed E-state index contributed by atoms with van der Waals surface area (Å²) in [6.07, 6.45) is 4.89. The predicted molar refractivity (Wildman–Crippen MR) is 166 cm³/mol. The Morgan fingerprint density at radius 2 is 1.79 bits per heavy atom. The van der Waals surface area contributed by atoms with Gasteiger partial charge in [0.15, 0.2) is 0 Å². The van der Waals surface area contributed by atoms with Gasteiger partial charge in [0.1, 0.15) is 11.2 Å². The molecule has 43 heavy (non-hydrogen) atoms.